The van der Waals surface area contributed by atoms with Gasteiger partial charge >= 0.3 is 0 Å². The maximum Gasteiger partial charge on any atom is 0.249 e. The zero-order chi connectivity index (χ0) is 12.3. The van der Waals surface area contributed by atoms with Crippen LogP contribution in [-0.2, 0) is 0 Å². The van der Waals surface area contributed by atoms with E-state index in [1.807, 2.05) is 18.2 Å². The largest absolute Gasteiger partial charge is 0.366 e. The molecule has 2 aromatic rings. The Morgan fingerprint density at radius 3 is 2.71 bits per heavy atom. The molecular formula is C14H10N2O. The zero-order valence-electron chi connectivity index (χ0n) is 9.05. The van der Waals surface area contributed by atoms with E-state index in [4.69, 9.17) is 12.2 Å². The summed E-state index contributed by atoms with van der Waals surface area (Å²) in [6.45, 7) is 0. The van der Waals surface area contributed by atoms with E-state index in [1.54, 1.807) is 24.5 Å². The maximum absolute atomic E-state index is 11.3. The predicted molar refractivity (Wildman–Crippen MR) is 66.1 cm³/mol. The van der Waals surface area contributed by atoms with Crippen LogP contribution in [0.1, 0.15) is 15.9 Å². The molecule has 2 N–H and O–H groups in total. The second-order valence-electron chi connectivity index (χ2n) is 3.48. The Balaban J connectivity index is 2.68. The smallest absolute Gasteiger partial charge is 0.249 e. The summed E-state index contributed by atoms with van der Waals surface area (Å²) in [6, 6.07) is 8.92. The summed E-state index contributed by atoms with van der Waals surface area (Å²) in [5, 5.41) is 0. The number of carbonyl (C=O) groups excluding carboxylic acids is 1. The van der Waals surface area contributed by atoms with Gasteiger partial charge in [-0.3, -0.25) is 9.78 Å². The molecule has 17 heavy (non-hydrogen) atoms. The van der Waals surface area contributed by atoms with Gasteiger partial charge in [-0.05, 0) is 17.7 Å². The molecule has 0 fully saturated rings. The number of hydrogen-bond acceptors (Lipinski definition) is 2. The summed E-state index contributed by atoms with van der Waals surface area (Å²) in [5.74, 6) is 1.99. The number of aromatic nitrogens is 1. The summed E-state index contributed by atoms with van der Waals surface area (Å²) >= 11 is 0. The van der Waals surface area contributed by atoms with Gasteiger partial charge in [0.25, 0.3) is 0 Å². The van der Waals surface area contributed by atoms with Crippen molar-refractivity contribution < 1.29 is 4.79 Å². The van der Waals surface area contributed by atoms with Gasteiger partial charge in [-0.25, -0.2) is 0 Å². The van der Waals surface area contributed by atoms with Crippen LogP contribution in [0.5, 0.6) is 0 Å². The van der Waals surface area contributed by atoms with Crippen LogP contribution in [-0.4, -0.2) is 10.9 Å². The highest BCUT2D eigenvalue weighted by molar-refractivity contribution is 5.97. The topological polar surface area (TPSA) is 56.0 Å². The van der Waals surface area contributed by atoms with E-state index < -0.39 is 5.91 Å². The Bertz CT molecular complexity index is 597. The molecule has 0 aliphatic carbocycles. The summed E-state index contributed by atoms with van der Waals surface area (Å²) in [6.07, 6.45) is 8.82. The van der Waals surface area contributed by atoms with Crippen LogP contribution in [0.2, 0.25) is 0 Å². The number of nitrogens with zero attached hydrogens (tertiary/aromatic N) is 1. The van der Waals surface area contributed by atoms with E-state index in [2.05, 4.69) is 10.9 Å². The zero-order valence-corrected chi connectivity index (χ0v) is 9.05. The van der Waals surface area contributed by atoms with Gasteiger partial charge in [0, 0.05) is 23.5 Å². The van der Waals surface area contributed by atoms with E-state index in [0.717, 1.165) is 11.1 Å². The molecule has 0 saturated carbocycles. The predicted octanol–water partition coefficient (Wildman–Crippen LogP) is 1.83. The molecule has 1 heterocycles. The lowest BCUT2D eigenvalue weighted by atomic mass is 9.96. The fourth-order valence-corrected chi connectivity index (χ4v) is 1.68. The minimum atomic E-state index is -0.524. The van der Waals surface area contributed by atoms with Crippen molar-refractivity contribution in [1.82, 2.24) is 4.98 Å². The molecule has 1 aromatic heterocycles. The van der Waals surface area contributed by atoms with Gasteiger partial charge in [0.15, 0.2) is 0 Å². The average molecular weight is 222 g/mol. The molecule has 0 aliphatic heterocycles. The molecule has 82 valence electrons. The number of nitrogens with two attached hydrogens (primary N) is 1. The number of hydrogen-bond donors (Lipinski definition) is 1. The molecule has 0 unspecified atom stereocenters. The van der Waals surface area contributed by atoms with Crippen LogP contribution in [0.25, 0.3) is 11.1 Å². The summed E-state index contributed by atoms with van der Waals surface area (Å²) in [5.41, 5.74) is 7.80. The Morgan fingerprint density at radius 1 is 1.29 bits per heavy atom. The second kappa shape index (κ2) is 4.50. The van der Waals surface area contributed by atoms with E-state index in [-0.39, 0.29) is 0 Å². The van der Waals surface area contributed by atoms with Crippen molar-refractivity contribution >= 4 is 5.91 Å². The number of pyridine rings is 1. The minimum absolute atomic E-state index is 0.355. The third kappa shape index (κ3) is 2.01. The Labute approximate surface area is 99.3 Å². The van der Waals surface area contributed by atoms with E-state index in [1.165, 1.54) is 0 Å². The van der Waals surface area contributed by atoms with Crippen LogP contribution in [0.15, 0.2) is 42.7 Å². The number of primary amides is 1. The molecule has 0 bridgehead atoms. The standard InChI is InChI=1S/C14H10N2O/c1-2-11-12(10-5-4-8-16-9-10)6-3-7-13(11)14(15)17/h1,3-9H,(H2,15,17). The molecule has 0 spiro atoms. The molecule has 0 radical (unpaired) electrons. The number of carbonyl (C=O) groups is 1. The van der Waals surface area contributed by atoms with Gasteiger partial charge in [0.1, 0.15) is 0 Å². The van der Waals surface area contributed by atoms with Gasteiger partial charge in [-0.2, -0.15) is 0 Å². The van der Waals surface area contributed by atoms with Gasteiger partial charge in [0.05, 0.1) is 5.56 Å². The normalized spacial score (nSPS) is 9.59. The monoisotopic (exact) mass is 222 g/mol. The van der Waals surface area contributed by atoms with Crippen molar-refractivity contribution in [1.29, 1.82) is 0 Å². The molecule has 0 saturated heterocycles. The number of benzene rings is 1. The van der Waals surface area contributed by atoms with Crippen LogP contribution in [0.3, 0.4) is 0 Å². The third-order valence-corrected chi connectivity index (χ3v) is 2.45. The molecule has 3 nitrogen and oxygen atoms in total. The van der Waals surface area contributed by atoms with Crippen LogP contribution in [0.4, 0.5) is 0 Å². The van der Waals surface area contributed by atoms with Crippen molar-refractivity contribution in [3.05, 3.63) is 53.9 Å². The SMILES string of the molecule is C#Cc1c(C(N)=O)cccc1-c1cccnc1. The summed E-state index contributed by atoms with van der Waals surface area (Å²) < 4.78 is 0. The van der Waals surface area contributed by atoms with Gasteiger partial charge in [-0.1, -0.05) is 24.1 Å². The van der Waals surface area contributed by atoms with E-state index >= 15 is 0 Å². The van der Waals surface area contributed by atoms with Crippen molar-refractivity contribution in [3.63, 3.8) is 0 Å². The molecule has 1 amide bonds. The van der Waals surface area contributed by atoms with Gasteiger partial charge in [0.2, 0.25) is 5.91 Å². The van der Waals surface area contributed by atoms with Crippen molar-refractivity contribution in [3.8, 4) is 23.5 Å². The van der Waals surface area contributed by atoms with Crippen molar-refractivity contribution in [2.24, 2.45) is 5.73 Å². The fourth-order valence-electron chi connectivity index (χ4n) is 1.68. The minimum Gasteiger partial charge on any atom is -0.366 e. The molecule has 2 rings (SSSR count). The Kier molecular flexibility index (Phi) is 2.89. The fraction of sp³-hybridized carbons (Fsp3) is 0. The molecule has 0 atom stereocenters. The first kappa shape index (κ1) is 10.9. The first-order chi connectivity index (χ1) is 8.24. The van der Waals surface area contributed by atoms with Gasteiger partial charge < -0.3 is 5.73 Å². The molecular weight excluding hydrogens is 212 g/mol. The highest BCUT2D eigenvalue weighted by Crippen LogP contribution is 2.24. The number of amides is 1. The third-order valence-electron chi connectivity index (χ3n) is 2.45. The van der Waals surface area contributed by atoms with Crippen molar-refractivity contribution in [2.45, 2.75) is 0 Å². The van der Waals surface area contributed by atoms with Crippen LogP contribution < -0.4 is 5.73 Å². The summed E-state index contributed by atoms with van der Waals surface area (Å²) in [4.78, 5) is 15.3. The van der Waals surface area contributed by atoms with E-state index in [0.29, 0.717) is 11.1 Å². The van der Waals surface area contributed by atoms with Crippen LogP contribution in [0, 0.1) is 12.3 Å². The first-order valence-corrected chi connectivity index (χ1v) is 5.04. The second-order valence-corrected chi connectivity index (χ2v) is 3.48. The lowest BCUT2D eigenvalue weighted by molar-refractivity contribution is 0.1000. The lowest BCUT2D eigenvalue weighted by Gasteiger charge is -2.07. The molecule has 3 heteroatoms. The highest BCUT2D eigenvalue weighted by atomic mass is 16.1. The molecule has 1 aromatic carbocycles. The first-order valence-electron chi connectivity index (χ1n) is 5.04. The average Bonchev–Trinajstić information content (AvgIpc) is 2.38. The van der Waals surface area contributed by atoms with Crippen molar-refractivity contribution in [2.75, 3.05) is 0 Å². The number of terminal acetylenes is 1. The van der Waals surface area contributed by atoms with E-state index in [9.17, 15) is 4.79 Å². The van der Waals surface area contributed by atoms with Gasteiger partial charge in [-0.15, -0.1) is 6.42 Å². The summed E-state index contributed by atoms with van der Waals surface area (Å²) in [7, 11) is 0. The lowest BCUT2D eigenvalue weighted by Crippen LogP contribution is -2.13. The Hall–Kier alpha value is -2.60. The molecule has 0 aliphatic rings. The quantitative estimate of drug-likeness (QED) is 0.788. The highest BCUT2D eigenvalue weighted by Gasteiger charge is 2.11. The Morgan fingerprint density at radius 2 is 2.12 bits per heavy atom. The maximum atomic E-state index is 11.3. The number of rotatable bonds is 2. The van der Waals surface area contributed by atoms with Crippen LogP contribution >= 0.6 is 0 Å².